The highest BCUT2D eigenvalue weighted by atomic mass is 31.3. The summed E-state index contributed by atoms with van der Waals surface area (Å²) in [7, 11) is -10.1. The number of halogens is 1. The van der Waals surface area contributed by atoms with Gasteiger partial charge in [0.1, 0.15) is 5.82 Å². The molecule has 9 nitrogen and oxygen atoms in total. The van der Waals surface area contributed by atoms with Crippen LogP contribution >= 0.6 is 15.6 Å². The van der Waals surface area contributed by atoms with Crippen LogP contribution in [0.4, 0.5) is 10.1 Å². The molecule has 160 valence electrons. The third-order valence-corrected chi connectivity index (χ3v) is 4.80. The van der Waals surface area contributed by atoms with Gasteiger partial charge >= 0.3 is 15.6 Å². The minimum Gasteiger partial charge on any atom is -0.392 e. The number of phosphoric acid groups is 2. The Morgan fingerprint density at radius 1 is 1.04 bits per heavy atom. The molecule has 0 aromatic heterocycles. The Balaban J connectivity index is 0.000000684. The minimum absolute atomic E-state index is 0.112. The van der Waals surface area contributed by atoms with E-state index in [4.69, 9.17) is 24.7 Å². The van der Waals surface area contributed by atoms with Crippen molar-refractivity contribution in [3.05, 3.63) is 53.4 Å². The summed E-state index contributed by atoms with van der Waals surface area (Å²) in [4.78, 5) is 31.0. The highest BCUT2D eigenvalue weighted by Crippen LogP contribution is 2.53. The first-order chi connectivity index (χ1) is 12.8. The second-order valence-corrected chi connectivity index (χ2v) is 8.36. The summed E-state index contributed by atoms with van der Waals surface area (Å²) in [5.41, 5.74) is 3.38. The predicted molar refractivity (Wildman–Crippen MR) is 104 cm³/mol. The number of aliphatic hydroxyl groups is 1. The lowest BCUT2D eigenvalue weighted by molar-refractivity contribution is 0.225. The molecule has 0 atom stereocenters. The zero-order chi connectivity index (χ0) is 21.8. The molecule has 0 fully saturated rings. The summed E-state index contributed by atoms with van der Waals surface area (Å²) in [6, 6.07) is 6.36. The number of rotatable bonds is 9. The molecule has 0 aliphatic rings. The zero-order valence-corrected chi connectivity index (χ0v) is 17.3. The third-order valence-electron chi connectivity index (χ3n) is 3.10. The van der Waals surface area contributed by atoms with Gasteiger partial charge in [0.05, 0.1) is 6.61 Å². The van der Waals surface area contributed by atoms with E-state index in [0.29, 0.717) is 0 Å². The number of nitrogens with one attached hydrogen (secondary N) is 1. The van der Waals surface area contributed by atoms with Crippen molar-refractivity contribution >= 4 is 21.3 Å². The van der Waals surface area contributed by atoms with Gasteiger partial charge in [-0.1, -0.05) is 23.3 Å². The maximum absolute atomic E-state index is 12.7. The zero-order valence-electron chi connectivity index (χ0n) is 15.5. The van der Waals surface area contributed by atoms with Gasteiger partial charge in [-0.05, 0) is 51.0 Å². The lowest BCUT2D eigenvalue weighted by atomic mass is 10.1. The molecule has 1 aromatic rings. The molecule has 0 bridgehead atoms. The van der Waals surface area contributed by atoms with Crippen LogP contribution in [0.2, 0.25) is 0 Å². The number of hydrogen-bond donors (Lipinski definition) is 6. The Bertz CT molecular complexity index is 720. The second-order valence-electron chi connectivity index (χ2n) is 5.75. The fourth-order valence-electron chi connectivity index (χ4n) is 1.82. The van der Waals surface area contributed by atoms with Gasteiger partial charge < -0.3 is 30.0 Å². The maximum atomic E-state index is 12.7. The second kappa shape index (κ2) is 13.0. The SMILES string of the molecule is CC(=CCO)CCC=C(C)CNc1ccc(F)cc1.O=P(O)(O)OP(=O)(O)O. The number of aliphatic hydroxyl groups excluding tert-OH is 1. The molecule has 0 saturated carbocycles. The van der Waals surface area contributed by atoms with Gasteiger partial charge in [-0.15, -0.1) is 0 Å². The van der Waals surface area contributed by atoms with Gasteiger partial charge in [-0.25, -0.2) is 13.5 Å². The summed E-state index contributed by atoms with van der Waals surface area (Å²) in [6.07, 6.45) is 5.96. The van der Waals surface area contributed by atoms with Crippen molar-refractivity contribution in [2.45, 2.75) is 26.7 Å². The molecule has 12 heteroatoms. The van der Waals surface area contributed by atoms with Crippen molar-refractivity contribution in [1.29, 1.82) is 0 Å². The molecule has 0 radical (unpaired) electrons. The van der Waals surface area contributed by atoms with E-state index >= 15 is 0 Å². The van der Waals surface area contributed by atoms with E-state index < -0.39 is 15.6 Å². The van der Waals surface area contributed by atoms with E-state index in [9.17, 15) is 13.5 Å². The van der Waals surface area contributed by atoms with Crippen LogP contribution in [-0.2, 0) is 13.4 Å². The Morgan fingerprint density at radius 2 is 1.57 bits per heavy atom. The fraction of sp³-hybridized carbons (Fsp3) is 0.375. The number of anilines is 1. The number of benzene rings is 1. The molecule has 6 N–H and O–H groups in total. The first-order valence-electron chi connectivity index (χ1n) is 8.06. The summed E-state index contributed by atoms with van der Waals surface area (Å²) < 4.78 is 34.9. The standard InChI is InChI=1S/C16H22FNO.H4O7P2/c1-13(10-11-19)4-3-5-14(2)12-18-16-8-6-15(17)7-9-16;1-8(2,3)7-9(4,5)6/h5-10,18-19H,3-4,11-12H2,1-2H3;(H2,1,2,3)(H2,4,5,6). The molecular weight excluding hydrogens is 415 g/mol. The maximum Gasteiger partial charge on any atom is 0.478 e. The summed E-state index contributed by atoms with van der Waals surface area (Å²) in [6.45, 7) is 4.97. The van der Waals surface area contributed by atoms with E-state index in [-0.39, 0.29) is 12.4 Å². The van der Waals surface area contributed by atoms with Crippen molar-refractivity contribution in [2.24, 2.45) is 0 Å². The largest absolute Gasteiger partial charge is 0.478 e. The molecule has 28 heavy (non-hydrogen) atoms. The monoisotopic (exact) mass is 441 g/mol. The van der Waals surface area contributed by atoms with Gasteiger partial charge in [0, 0.05) is 12.2 Å². The van der Waals surface area contributed by atoms with Crippen molar-refractivity contribution < 1.29 is 42.5 Å². The molecular formula is C16H26FNO8P2. The van der Waals surface area contributed by atoms with Gasteiger partial charge in [0.15, 0.2) is 0 Å². The molecule has 0 spiro atoms. The predicted octanol–water partition coefficient (Wildman–Crippen LogP) is 3.09. The van der Waals surface area contributed by atoms with Crippen LogP contribution in [0.3, 0.4) is 0 Å². The quantitative estimate of drug-likeness (QED) is 0.250. The third kappa shape index (κ3) is 16.8. The van der Waals surface area contributed by atoms with Crippen LogP contribution in [0.15, 0.2) is 47.6 Å². The van der Waals surface area contributed by atoms with Crippen LogP contribution < -0.4 is 5.32 Å². The van der Waals surface area contributed by atoms with Gasteiger partial charge in [-0.2, -0.15) is 4.31 Å². The number of allylic oxidation sites excluding steroid dienone is 2. The van der Waals surface area contributed by atoms with E-state index in [2.05, 4.69) is 22.6 Å². The minimum atomic E-state index is -5.05. The Labute approximate surface area is 163 Å². The van der Waals surface area contributed by atoms with E-state index in [1.165, 1.54) is 23.3 Å². The van der Waals surface area contributed by atoms with Crippen LogP contribution in [0.5, 0.6) is 0 Å². The first-order valence-corrected chi connectivity index (χ1v) is 11.1. The topological polar surface area (TPSA) is 157 Å². The summed E-state index contributed by atoms with van der Waals surface area (Å²) in [5.74, 6) is -0.219. The lowest BCUT2D eigenvalue weighted by Gasteiger charge is -2.07. The molecule has 0 aliphatic carbocycles. The summed E-state index contributed by atoms with van der Waals surface area (Å²) in [5, 5.41) is 12.0. The van der Waals surface area contributed by atoms with Crippen molar-refractivity contribution in [1.82, 2.24) is 0 Å². The number of hydrogen-bond acceptors (Lipinski definition) is 5. The average molecular weight is 441 g/mol. The smallest absolute Gasteiger partial charge is 0.392 e. The highest BCUT2D eigenvalue weighted by Gasteiger charge is 2.27. The molecule has 0 amide bonds. The van der Waals surface area contributed by atoms with Crippen molar-refractivity contribution in [3.8, 4) is 0 Å². The lowest BCUT2D eigenvalue weighted by Crippen LogP contribution is -2.02. The molecule has 1 rings (SSSR count). The van der Waals surface area contributed by atoms with Crippen LogP contribution in [0.1, 0.15) is 26.7 Å². The fourth-order valence-corrected chi connectivity index (χ4v) is 2.93. The molecule has 0 saturated heterocycles. The van der Waals surface area contributed by atoms with Crippen molar-refractivity contribution in [2.75, 3.05) is 18.5 Å². The highest BCUT2D eigenvalue weighted by molar-refractivity contribution is 7.60. The van der Waals surface area contributed by atoms with E-state index in [0.717, 1.165) is 25.1 Å². The normalized spacial score (nSPS) is 13.0. The average Bonchev–Trinajstić information content (AvgIpc) is 2.52. The first kappa shape index (κ1) is 26.6. The Hall–Kier alpha value is -1.35. The van der Waals surface area contributed by atoms with Crippen LogP contribution in [-0.4, -0.2) is 37.8 Å². The molecule has 0 unspecified atom stereocenters. The van der Waals surface area contributed by atoms with Gasteiger partial charge in [-0.3, -0.25) is 0 Å². The van der Waals surface area contributed by atoms with E-state index in [1.807, 2.05) is 13.0 Å². The summed E-state index contributed by atoms with van der Waals surface area (Å²) >= 11 is 0. The molecule has 1 aromatic carbocycles. The Morgan fingerprint density at radius 3 is 2.00 bits per heavy atom. The van der Waals surface area contributed by atoms with Crippen LogP contribution in [0, 0.1) is 5.82 Å². The van der Waals surface area contributed by atoms with E-state index in [1.54, 1.807) is 12.1 Å². The molecule has 0 heterocycles. The molecule has 0 aliphatic heterocycles. The van der Waals surface area contributed by atoms with Crippen molar-refractivity contribution in [3.63, 3.8) is 0 Å². The van der Waals surface area contributed by atoms with Crippen LogP contribution in [0.25, 0.3) is 0 Å². The van der Waals surface area contributed by atoms with Gasteiger partial charge in [0.2, 0.25) is 0 Å². The van der Waals surface area contributed by atoms with Gasteiger partial charge in [0.25, 0.3) is 0 Å². The Kier molecular flexibility index (Phi) is 12.4.